The van der Waals surface area contributed by atoms with Gasteiger partial charge in [-0.1, -0.05) is 13.0 Å². The van der Waals surface area contributed by atoms with Crippen molar-refractivity contribution < 1.29 is 0 Å². The summed E-state index contributed by atoms with van der Waals surface area (Å²) in [6, 6.07) is 8.27. The summed E-state index contributed by atoms with van der Waals surface area (Å²) in [5.41, 5.74) is 3.12. The van der Waals surface area contributed by atoms with Crippen LogP contribution < -0.4 is 5.56 Å². The molecular formula is C15H20N2O. The zero-order valence-corrected chi connectivity index (χ0v) is 11.3. The van der Waals surface area contributed by atoms with E-state index in [2.05, 4.69) is 36.1 Å². The van der Waals surface area contributed by atoms with Gasteiger partial charge >= 0.3 is 0 Å². The van der Waals surface area contributed by atoms with Crippen LogP contribution in [0.15, 0.2) is 29.1 Å². The number of hydrogen-bond acceptors (Lipinski definition) is 2. The van der Waals surface area contributed by atoms with Crippen LogP contribution in [0.25, 0.3) is 10.9 Å². The minimum absolute atomic E-state index is 0.0334. The van der Waals surface area contributed by atoms with Crippen molar-refractivity contribution in [2.45, 2.75) is 19.8 Å². The number of benzene rings is 1. The fourth-order valence-corrected chi connectivity index (χ4v) is 2.07. The Kier molecular flexibility index (Phi) is 3.82. The van der Waals surface area contributed by atoms with Gasteiger partial charge in [0.25, 0.3) is 5.56 Å². The minimum atomic E-state index is 0.0334. The van der Waals surface area contributed by atoms with Gasteiger partial charge in [0, 0.05) is 17.6 Å². The van der Waals surface area contributed by atoms with Gasteiger partial charge in [-0.05, 0) is 56.1 Å². The Balaban J connectivity index is 2.38. The lowest BCUT2D eigenvalue weighted by Gasteiger charge is -2.10. The number of aromatic amines is 1. The Morgan fingerprint density at radius 1 is 1.22 bits per heavy atom. The average molecular weight is 244 g/mol. The first-order valence-electron chi connectivity index (χ1n) is 6.39. The standard InChI is InChI=1S/C15H20N2O/c1-4-12-10-13-9-11(7-8-17(2)3)5-6-14(13)16-15(12)18/h5-6,9-10H,4,7-8H2,1-3H3,(H,16,18). The number of nitrogens with zero attached hydrogens (tertiary/aromatic N) is 1. The molecule has 0 unspecified atom stereocenters. The van der Waals surface area contributed by atoms with Crippen LogP contribution in [0.4, 0.5) is 0 Å². The molecule has 1 aromatic heterocycles. The zero-order chi connectivity index (χ0) is 13.1. The molecule has 18 heavy (non-hydrogen) atoms. The lowest BCUT2D eigenvalue weighted by Crippen LogP contribution is -2.15. The number of hydrogen-bond donors (Lipinski definition) is 1. The number of H-pyrrole nitrogens is 1. The van der Waals surface area contributed by atoms with Crippen molar-refractivity contribution in [3.63, 3.8) is 0 Å². The number of pyridine rings is 1. The van der Waals surface area contributed by atoms with E-state index in [1.165, 1.54) is 5.56 Å². The lowest BCUT2D eigenvalue weighted by atomic mass is 10.1. The molecule has 0 bridgehead atoms. The van der Waals surface area contributed by atoms with Crippen LogP contribution in [0.5, 0.6) is 0 Å². The molecule has 0 aliphatic heterocycles. The lowest BCUT2D eigenvalue weighted by molar-refractivity contribution is 0.414. The summed E-state index contributed by atoms with van der Waals surface area (Å²) in [6.45, 7) is 3.04. The van der Waals surface area contributed by atoms with Crippen molar-refractivity contribution in [1.29, 1.82) is 0 Å². The van der Waals surface area contributed by atoms with Crippen molar-refractivity contribution in [3.05, 3.63) is 45.7 Å². The summed E-state index contributed by atoms with van der Waals surface area (Å²) in [5.74, 6) is 0. The van der Waals surface area contributed by atoms with Crippen molar-refractivity contribution >= 4 is 10.9 Å². The SMILES string of the molecule is CCc1cc2cc(CCN(C)C)ccc2[nH]c1=O. The molecule has 1 N–H and O–H groups in total. The number of nitrogens with one attached hydrogen (secondary N) is 1. The van der Waals surface area contributed by atoms with E-state index in [9.17, 15) is 4.79 Å². The highest BCUT2D eigenvalue weighted by molar-refractivity contribution is 5.79. The molecule has 2 aromatic rings. The van der Waals surface area contributed by atoms with Crippen LogP contribution >= 0.6 is 0 Å². The summed E-state index contributed by atoms with van der Waals surface area (Å²) < 4.78 is 0. The van der Waals surface area contributed by atoms with Gasteiger partial charge in [0.05, 0.1) is 0 Å². The van der Waals surface area contributed by atoms with Crippen LogP contribution in [0.2, 0.25) is 0 Å². The first-order chi connectivity index (χ1) is 8.60. The van der Waals surface area contributed by atoms with Gasteiger partial charge in [-0.15, -0.1) is 0 Å². The van der Waals surface area contributed by atoms with E-state index in [4.69, 9.17) is 0 Å². The van der Waals surface area contributed by atoms with E-state index in [1.54, 1.807) is 0 Å². The molecule has 0 spiro atoms. The third kappa shape index (κ3) is 2.79. The summed E-state index contributed by atoms with van der Waals surface area (Å²) >= 11 is 0. The average Bonchev–Trinajstić information content (AvgIpc) is 2.35. The van der Waals surface area contributed by atoms with Crippen molar-refractivity contribution in [1.82, 2.24) is 9.88 Å². The first kappa shape index (κ1) is 12.8. The maximum Gasteiger partial charge on any atom is 0.251 e. The zero-order valence-electron chi connectivity index (χ0n) is 11.3. The molecule has 0 atom stereocenters. The first-order valence-corrected chi connectivity index (χ1v) is 6.39. The molecule has 0 radical (unpaired) electrons. The topological polar surface area (TPSA) is 36.1 Å². The third-order valence-corrected chi connectivity index (χ3v) is 3.21. The van der Waals surface area contributed by atoms with E-state index in [0.717, 1.165) is 35.9 Å². The van der Waals surface area contributed by atoms with Gasteiger partial charge in [-0.25, -0.2) is 0 Å². The molecule has 0 amide bonds. The molecule has 3 heteroatoms. The molecule has 0 fully saturated rings. The second kappa shape index (κ2) is 5.36. The van der Waals surface area contributed by atoms with Gasteiger partial charge < -0.3 is 9.88 Å². The van der Waals surface area contributed by atoms with Gasteiger partial charge in [-0.3, -0.25) is 4.79 Å². The summed E-state index contributed by atoms with van der Waals surface area (Å²) in [5, 5.41) is 1.13. The Morgan fingerprint density at radius 3 is 2.67 bits per heavy atom. The maximum absolute atomic E-state index is 11.7. The van der Waals surface area contributed by atoms with E-state index < -0.39 is 0 Å². The smallest absolute Gasteiger partial charge is 0.251 e. The van der Waals surface area contributed by atoms with E-state index in [1.807, 2.05) is 19.1 Å². The number of aromatic nitrogens is 1. The molecule has 1 aromatic carbocycles. The summed E-state index contributed by atoms with van der Waals surface area (Å²) in [6.07, 6.45) is 1.80. The Morgan fingerprint density at radius 2 is 2.00 bits per heavy atom. The molecule has 0 saturated carbocycles. The van der Waals surface area contributed by atoms with E-state index in [0.29, 0.717) is 0 Å². The van der Waals surface area contributed by atoms with Crippen LogP contribution in [0.3, 0.4) is 0 Å². The van der Waals surface area contributed by atoms with Crippen LogP contribution in [-0.4, -0.2) is 30.5 Å². The van der Waals surface area contributed by atoms with E-state index >= 15 is 0 Å². The van der Waals surface area contributed by atoms with Crippen molar-refractivity contribution in [2.75, 3.05) is 20.6 Å². The normalized spacial score (nSPS) is 11.3. The molecule has 3 nitrogen and oxygen atoms in total. The maximum atomic E-state index is 11.7. The molecular weight excluding hydrogens is 224 g/mol. The molecule has 96 valence electrons. The van der Waals surface area contributed by atoms with Crippen molar-refractivity contribution in [2.24, 2.45) is 0 Å². The highest BCUT2D eigenvalue weighted by atomic mass is 16.1. The fourth-order valence-electron chi connectivity index (χ4n) is 2.07. The Labute approximate surface area is 107 Å². The van der Waals surface area contributed by atoms with Crippen LogP contribution in [-0.2, 0) is 12.8 Å². The monoisotopic (exact) mass is 244 g/mol. The van der Waals surface area contributed by atoms with Gasteiger partial charge in [0.1, 0.15) is 0 Å². The minimum Gasteiger partial charge on any atom is -0.322 e. The quantitative estimate of drug-likeness (QED) is 0.895. The highest BCUT2D eigenvalue weighted by Crippen LogP contribution is 2.14. The van der Waals surface area contributed by atoms with Crippen molar-refractivity contribution in [3.8, 4) is 0 Å². The number of aryl methyl sites for hydroxylation is 1. The van der Waals surface area contributed by atoms with E-state index in [-0.39, 0.29) is 5.56 Å². The largest absolute Gasteiger partial charge is 0.322 e. The Bertz CT molecular complexity index is 599. The third-order valence-electron chi connectivity index (χ3n) is 3.21. The molecule has 2 rings (SSSR count). The predicted octanol–water partition coefficient (Wildman–Crippen LogP) is 2.19. The molecule has 0 saturated heterocycles. The molecule has 1 heterocycles. The second-order valence-corrected chi connectivity index (χ2v) is 4.95. The summed E-state index contributed by atoms with van der Waals surface area (Å²) in [7, 11) is 4.15. The number of fused-ring (bicyclic) bond motifs is 1. The van der Waals surface area contributed by atoms with Gasteiger partial charge in [0.2, 0.25) is 0 Å². The Hall–Kier alpha value is -1.61. The number of rotatable bonds is 4. The van der Waals surface area contributed by atoms with Crippen LogP contribution in [0.1, 0.15) is 18.1 Å². The summed E-state index contributed by atoms with van der Waals surface area (Å²) in [4.78, 5) is 16.8. The van der Waals surface area contributed by atoms with Gasteiger partial charge in [-0.2, -0.15) is 0 Å². The molecule has 0 aliphatic rings. The number of likely N-dealkylation sites (N-methyl/N-ethyl adjacent to an activating group) is 1. The molecule has 0 aliphatic carbocycles. The van der Waals surface area contributed by atoms with Crippen LogP contribution in [0, 0.1) is 0 Å². The predicted molar refractivity (Wildman–Crippen MR) is 76.2 cm³/mol. The fraction of sp³-hybridized carbons (Fsp3) is 0.400. The highest BCUT2D eigenvalue weighted by Gasteiger charge is 2.02. The second-order valence-electron chi connectivity index (χ2n) is 4.95. The van der Waals surface area contributed by atoms with Gasteiger partial charge in [0.15, 0.2) is 0 Å².